The Morgan fingerprint density at radius 2 is 1.75 bits per heavy atom. The molecule has 0 aliphatic rings. The number of carboxylic acid groups (broad SMARTS) is 1. The molecule has 0 saturated heterocycles. The summed E-state index contributed by atoms with van der Waals surface area (Å²) in [5.41, 5.74) is 5.27. The van der Waals surface area contributed by atoms with Gasteiger partial charge in [0.1, 0.15) is 6.61 Å². The van der Waals surface area contributed by atoms with Crippen molar-refractivity contribution in [1.29, 1.82) is 0 Å². The largest absolute Gasteiger partial charge is 0.481 e. The van der Waals surface area contributed by atoms with Crippen LogP contribution < -0.4 is 0 Å². The second-order valence-electron chi connectivity index (χ2n) is 7.63. The van der Waals surface area contributed by atoms with Crippen molar-refractivity contribution < 1.29 is 19.4 Å². The Morgan fingerprint density at radius 3 is 2.44 bits per heavy atom. The summed E-state index contributed by atoms with van der Waals surface area (Å²) in [6.45, 7) is 4.96. The zero-order valence-corrected chi connectivity index (χ0v) is 18.9. The monoisotopic (exact) mass is 451 g/mol. The van der Waals surface area contributed by atoms with E-state index in [1.807, 2.05) is 74.5 Å². The van der Waals surface area contributed by atoms with Gasteiger partial charge in [-0.1, -0.05) is 71.8 Å². The van der Waals surface area contributed by atoms with Crippen molar-refractivity contribution in [1.82, 2.24) is 4.90 Å². The van der Waals surface area contributed by atoms with Gasteiger partial charge in [-0.2, -0.15) is 0 Å². The number of hydrogen-bond donors (Lipinski definition) is 1. The molecule has 5 nitrogen and oxygen atoms in total. The molecular formula is C26H26ClNO4. The predicted octanol–water partition coefficient (Wildman–Crippen LogP) is 6.10. The third-order valence-corrected chi connectivity index (χ3v) is 5.31. The summed E-state index contributed by atoms with van der Waals surface area (Å²) in [5.74, 6) is -0.916. The third-order valence-electron chi connectivity index (χ3n) is 5.09. The van der Waals surface area contributed by atoms with E-state index in [9.17, 15) is 9.59 Å². The highest BCUT2D eigenvalue weighted by Crippen LogP contribution is 2.30. The molecule has 0 atom stereocenters. The van der Waals surface area contributed by atoms with Gasteiger partial charge in [-0.05, 0) is 53.8 Å². The van der Waals surface area contributed by atoms with Gasteiger partial charge in [0.25, 0.3) is 0 Å². The van der Waals surface area contributed by atoms with Gasteiger partial charge in [-0.25, -0.2) is 4.79 Å². The first-order chi connectivity index (χ1) is 15.4. The number of carbonyl (C=O) groups excluding carboxylic acids is 1. The van der Waals surface area contributed by atoms with Crippen LogP contribution in [0.15, 0.2) is 66.7 Å². The predicted molar refractivity (Wildman–Crippen MR) is 126 cm³/mol. The lowest BCUT2D eigenvalue weighted by atomic mass is 9.95. The summed E-state index contributed by atoms with van der Waals surface area (Å²) in [6.07, 6.45) is -0.497. The maximum atomic E-state index is 12.7. The SMILES string of the molecule is CCN(Cc1cc(C)ccc1-c1cc(Cl)cc(CC(=O)O)c1)C(=O)OCc1ccccc1. The number of nitrogens with zero attached hydrogens (tertiary/aromatic N) is 1. The van der Waals surface area contributed by atoms with Crippen molar-refractivity contribution in [2.45, 2.75) is 33.4 Å². The molecule has 32 heavy (non-hydrogen) atoms. The van der Waals surface area contributed by atoms with Gasteiger partial charge in [0.2, 0.25) is 0 Å². The van der Waals surface area contributed by atoms with Crippen molar-refractivity contribution >= 4 is 23.7 Å². The fraction of sp³-hybridized carbons (Fsp3) is 0.231. The van der Waals surface area contributed by atoms with E-state index >= 15 is 0 Å². The van der Waals surface area contributed by atoms with E-state index in [-0.39, 0.29) is 19.1 Å². The molecular weight excluding hydrogens is 426 g/mol. The lowest BCUT2D eigenvalue weighted by molar-refractivity contribution is -0.136. The number of benzene rings is 3. The van der Waals surface area contributed by atoms with Gasteiger partial charge in [-0.15, -0.1) is 0 Å². The summed E-state index contributed by atoms with van der Waals surface area (Å²) in [6, 6.07) is 20.8. The zero-order valence-electron chi connectivity index (χ0n) is 18.2. The molecule has 0 saturated carbocycles. The third kappa shape index (κ3) is 6.34. The lowest BCUT2D eigenvalue weighted by Gasteiger charge is -2.23. The first-order valence-corrected chi connectivity index (χ1v) is 10.8. The van der Waals surface area contributed by atoms with Crippen molar-refractivity contribution in [3.63, 3.8) is 0 Å². The first kappa shape index (κ1) is 23.4. The number of ether oxygens (including phenoxy) is 1. The van der Waals surface area contributed by atoms with E-state index in [1.54, 1.807) is 11.0 Å². The van der Waals surface area contributed by atoms with Crippen molar-refractivity contribution in [2.75, 3.05) is 6.54 Å². The normalized spacial score (nSPS) is 10.6. The molecule has 0 aliphatic carbocycles. The summed E-state index contributed by atoms with van der Waals surface area (Å²) in [4.78, 5) is 25.5. The minimum atomic E-state index is -0.916. The highest BCUT2D eigenvalue weighted by molar-refractivity contribution is 6.31. The quantitative estimate of drug-likeness (QED) is 0.449. The van der Waals surface area contributed by atoms with Gasteiger partial charge in [0.15, 0.2) is 0 Å². The Labute approximate surface area is 193 Å². The van der Waals surface area contributed by atoms with Crippen molar-refractivity contribution in [3.8, 4) is 11.1 Å². The van der Waals surface area contributed by atoms with E-state index in [0.29, 0.717) is 23.7 Å². The summed E-state index contributed by atoms with van der Waals surface area (Å²) in [5, 5.41) is 9.63. The molecule has 0 fully saturated rings. The number of aliphatic carboxylic acids is 1. The van der Waals surface area contributed by atoms with Crippen LogP contribution in [-0.4, -0.2) is 28.6 Å². The second kappa shape index (κ2) is 10.8. The van der Waals surface area contributed by atoms with Gasteiger partial charge in [-0.3, -0.25) is 4.79 Å². The molecule has 166 valence electrons. The molecule has 3 aromatic carbocycles. The van der Waals surface area contributed by atoms with Crippen LogP contribution in [0.2, 0.25) is 5.02 Å². The fourth-order valence-electron chi connectivity index (χ4n) is 3.54. The summed E-state index contributed by atoms with van der Waals surface area (Å²) in [7, 11) is 0. The Kier molecular flexibility index (Phi) is 7.90. The minimum Gasteiger partial charge on any atom is -0.481 e. The number of hydrogen-bond acceptors (Lipinski definition) is 3. The maximum Gasteiger partial charge on any atom is 0.410 e. The highest BCUT2D eigenvalue weighted by atomic mass is 35.5. The molecule has 0 aliphatic heterocycles. The molecule has 1 amide bonds. The molecule has 0 bridgehead atoms. The second-order valence-corrected chi connectivity index (χ2v) is 8.07. The maximum absolute atomic E-state index is 12.7. The molecule has 1 N–H and O–H groups in total. The molecule has 0 unspecified atom stereocenters. The summed E-state index contributed by atoms with van der Waals surface area (Å²) >= 11 is 6.27. The number of rotatable bonds is 8. The number of amides is 1. The molecule has 3 rings (SSSR count). The van der Waals surface area contributed by atoms with Crippen LogP contribution in [0.1, 0.15) is 29.2 Å². The fourth-order valence-corrected chi connectivity index (χ4v) is 3.80. The standard InChI is InChI=1S/C26H26ClNO4/c1-3-28(26(31)32-17-19-7-5-4-6-8-19)16-22-11-18(2)9-10-24(22)21-12-20(14-25(29)30)13-23(27)15-21/h4-13,15H,3,14,16-17H2,1-2H3,(H,29,30). The van der Waals surface area contributed by atoms with E-state index in [2.05, 4.69) is 0 Å². The summed E-state index contributed by atoms with van der Waals surface area (Å²) < 4.78 is 5.51. The van der Waals surface area contributed by atoms with Crippen molar-refractivity contribution in [2.24, 2.45) is 0 Å². The van der Waals surface area contributed by atoms with Crippen molar-refractivity contribution in [3.05, 3.63) is 94.0 Å². The average Bonchev–Trinajstić information content (AvgIpc) is 2.75. The molecule has 0 heterocycles. The molecule has 6 heteroatoms. The van der Waals surface area contributed by atoms with Crippen LogP contribution in [0.5, 0.6) is 0 Å². The van der Waals surface area contributed by atoms with Crippen LogP contribution in [0.25, 0.3) is 11.1 Å². The van der Waals surface area contributed by atoms with E-state index in [4.69, 9.17) is 21.4 Å². The Hall–Kier alpha value is -3.31. The molecule has 0 aromatic heterocycles. The Morgan fingerprint density at radius 1 is 1.00 bits per heavy atom. The number of halogens is 1. The number of carboxylic acids is 1. The number of carbonyl (C=O) groups is 2. The van der Waals surface area contributed by atoms with Gasteiger partial charge in [0.05, 0.1) is 6.42 Å². The van der Waals surface area contributed by atoms with Gasteiger partial charge >= 0.3 is 12.1 Å². The van der Waals surface area contributed by atoms with Crippen LogP contribution >= 0.6 is 11.6 Å². The zero-order chi connectivity index (χ0) is 23.1. The Bertz CT molecular complexity index is 1100. The first-order valence-electron chi connectivity index (χ1n) is 10.4. The molecule has 3 aromatic rings. The van der Waals surface area contributed by atoms with E-state index in [0.717, 1.165) is 27.8 Å². The Balaban J connectivity index is 1.85. The molecule has 0 radical (unpaired) electrons. The van der Waals surface area contributed by atoms with E-state index in [1.165, 1.54) is 0 Å². The van der Waals surface area contributed by atoms with E-state index < -0.39 is 5.97 Å². The minimum absolute atomic E-state index is 0.109. The topological polar surface area (TPSA) is 66.8 Å². The lowest BCUT2D eigenvalue weighted by Crippen LogP contribution is -2.31. The molecule has 0 spiro atoms. The van der Waals surface area contributed by atoms with Gasteiger partial charge < -0.3 is 14.7 Å². The average molecular weight is 452 g/mol. The van der Waals surface area contributed by atoms with Gasteiger partial charge in [0, 0.05) is 18.1 Å². The van der Waals surface area contributed by atoms with Crippen LogP contribution in [0, 0.1) is 6.92 Å². The van der Waals surface area contributed by atoms with Crippen LogP contribution in [0.3, 0.4) is 0 Å². The van der Waals surface area contributed by atoms with Crippen LogP contribution in [0.4, 0.5) is 4.79 Å². The van der Waals surface area contributed by atoms with Crippen LogP contribution in [-0.2, 0) is 29.1 Å². The smallest absolute Gasteiger partial charge is 0.410 e. The highest BCUT2D eigenvalue weighted by Gasteiger charge is 2.17. The number of aryl methyl sites for hydroxylation is 1.